The molecule has 158 valence electrons. The third-order valence-electron chi connectivity index (χ3n) is 4.68. The molecule has 0 radical (unpaired) electrons. The van der Waals surface area contributed by atoms with Crippen molar-refractivity contribution in [2.75, 3.05) is 30.3 Å². The van der Waals surface area contributed by atoms with Crippen LogP contribution in [0.4, 0.5) is 24.5 Å². The highest BCUT2D eigenvalue weighted by molar-refractivity contribution is 7.92. The van der Waals surface area contributed by atoms with Gasteiger partial charge >= 0.3 is 6.18 Å². The number of anilines is 2. The number of rotatable bonds is 6. The molecule has 1 aliphatic rings. The fourth-order valence-electron chi connectivity index (χ4n) is 3.24. The highest BCUT2D eigenvalue weighted by Crippen LogP contribution is 2.37. The average Bonchev–Trinajstić information content (AvgIpc) is 2.68. The minimum absolute atomic E-state index is 0.0875. The SMILES string of the molecule is COc1c(NN2CCCC(C(F)(F)F)C2)cccc1NS(=O)(=O)c1ccccc1. The zero-order valence-corrected chi connectivity index (χ0v) is 16.6. The molecule has 1 fully saturated rings. The zero-order chi connectivity index (χ0) is 21.1. The molecule has 6 nitrogen and oxygen atoms in total. The lowest BCUT2D eigenvalue weighted by Crippen LogP contribution is -2.44. The zero-order valence-electron chi connectivity index (χ0n) is 15.7. The quantitative estimate of drug-likeness (QED) is 0.724. The molecule has 1 heterocycles. The highest BCUT2D eigenvalue weighted by Gasteiger charge is 2.42. The highest BCUT2D eigenvalue weighted by atomic mass is 32.2. The van der Waals surface area contributed by atoms with E-state index >= 15 is 0 Å². The van der Waals surface area contributed by atoms with Crippen molar-refractivity contribution < 1.29 is 26.3 Å². The second-order valence-electron chi connectivity index (χ2n) is 6.74. The monoisotopic (exact) mass is 429 g/mol. The molecular formula is C19H22F3N3O3S. The van der Waals surface area contributed by atoms with Crippen molar-refractivity contribution in [1.82, 2.24) is 5.01 Å². The number of hydrogen-bond donors (Lipinski definition) is 2. The van der Waals surface area contributed by atoms with Gasteiger partial charge in [0.2, 0.25) is 0 Å². The van der Waals surface area contributed by atoms with Crippen LogP contribution in [-0.2, 0) is 10.0 Å². The number of alkyl halides is 3. The van der Waals surface area contributed by atoms with Gasteiger partial charge in [-0.25, -0.2) is 13.4 Å². The Morgan fingerprint density at radius 3 is 2.41 bits per heavy atom. The number of nitrogens with one attached hydrogen (secondary N) is 2. The number of para-hydroxylation sites is 1. The molecule has 1 aliphatic heterocycles. The summed E-state index contributed by atoms with van der Waals surface area (Å²) in [7, 11) is -2.47. The van der Waals surface area contributed by atoms with E-state index in [4.69, 9.17) is 4.74 Å². The van der Waals surface area contributed by atoms with E-state index in [9.17, 15) is 21.6 Å². The van der Waals surface area contributed by atoms with Gasteiger partial charge in [0.1, 0.15) is 0 Å². The van der Waals surface area contributed by atoms with Gasteiger partial charge in [-0.2, -0.15) is 13.2 Å². The normalized spacial score (nSPS) is 18.3. The Kier molecular flexibility index (Phi) is 6.23. The number of ether oxygens (including phenoxy) is 1. The maximum atomic E-state index is 13.1. The molecule has 10 heteroatoms. The van der Waals surface area contributed by atoms with Gasteiger partial charge in [0.05, 0.1) is 29.3 Å². The fraction of sp³-hybridized carbons (Fsp3) is 0.368. The summed E-state index contributed by atoms with van der Waals surface area (Å²) in [5, 5.41) is 1.48. The van der Waals surface area contributed by atoms with E-state index in [0.29, 0.717) is 18.7 Å². The second-order valence-corrected chi connectivity index (χ2v) is 8.43. The molecule has 3 rings (SSSR count). The van der Waals surface area contributed by atoms with E-state index in [1.54, 1.807) is 30.3 Å². The first-order valence-corrected chi connectivity index (χ1v) is 10.5. The van der Waals surface area contributed by atoms with Crippen molar-refractivity contribution >= 4 is 21.4 Å². The Balaban J connectivity index is 1.81. The van der Waals surface area contributed by atoms with E-state index in [1.165, 1.54) is 30.3 Å². The van der Waals surface area contributed by atoms with Crippen molar-refractivity contribution in [3.8, 4) is 5.75 Å². The molecule has 0 spiro atoms. The Morgan fingerprint density at radius 2 is 1.76 bits per heavy atom. The molecule has 29 heavy (non-hydrogen) atoms. The minimum atomic E-state index is -4.25. The Morgan fingerprint density at radius 1 is 1.07 bits per heavy atom. The van der Waals surface area contributed by atoms with E-state index in [2.05, 4.69) is 10.1 Å². The number of methoxy groups -OCH3 is 1. The van der Waals surface area contributed by atoms with Crippen LogP contribution in [0, 0.1) is 5.92 Å². The number of nitrogens with zero attached hydrogens (tertiary/aromatic N) is 1. The smallest absolute Gasteiger partial charge is 0.393 e. The summed E-state index contributed by atoms with van der Waals surface area (Å²) >= 11 is 0. The Bertz CT molecular complexity index is 937. The van der Waals surface area contributed by atoms with Crippen LogP contribution in [0.3, 0.4) is 0 Å². The first kappa shape index (κ1) is 21.3. The lowest BCUT2D eigenvalue weighted by Gasteiger charge is -2.34. The van der Waals surface area contributed by atoms with Crippen molar-refractivity contribution in [2.24, 2.45) is 5.92 Å². The maximum absolute atomic E-state index is 13.1. The molecule has 1 atom stereocenters. The van der Waals surface area contributed by atoms with Crippen molar-refractivity contribution in [3.05, 3.63) is 48.5 Å². The fourth-order valence-corrected chi connectivity index (χ4v) is 4.33. The van der Waals surface area contributed by atoms with Gasteiger partial charge in [-0.05, 0) is 37.1 Å². The van der Waals surface area contributed by atoms with Gasteiger partial charge in [-0.3, -0.25) is 4.72 Å². The standard InChI is InChI=1S/C19H22F3N3O3S/c1-28-18-16(23-25-12-6-7-14(13-25)19(20,21)22)10-5-11-17(18)24-29(26,27)15-8-3-2-4-9-15/h2-5,8-11,14,23-24H,6-7,12-13H2,1H3. The van der Waals surface area contributed by atoms with E-state index < -0.39 is 22.1 Å². The van der Waals surface area contributed by atoms with Gasteiger partial charge in [0.25, 0.3) is 10.0 Å². The molecule has 0 aromatic heterocycles. The number of hydrazine groups is 1. The Labute approximate surface area is 167 Å². The van der Waals surface area contributed by atoms with E-state index in [-0.39, 0.29) is 29.3 Å². The first-order valence-electron chi connectivity index (χ1n) is 9.04. The molecule has 2 aromatic carbocycles. The van der Waals surface area contributed by atoms with Crippen LogP contribution in [0.25, 0.3) is 0 Å². The molecule has 0 bridgehead atoms. The van der Waals surface area contributed by atoms with Crippen LogP contribution in [0.5, 0.6) is 5.75 Å². The van der Waals surface area contributed by atoms with E-state index in [0.717, 1.165) is 0 Å². The van der Waals surface area contributed by atoms with Crippen molar-refractivity contribution in [3.63, 3.8) is 0 Å². The largest absolute Gasteiger partial charge is 0.492 e. The summed E-state index contributed by atoms with van der Waals surface area (Å²) in [6.45, 7) is 0.252. The first-order chi connectivity index (χ1) is 13.7. The number of sulfonamides is 1. The van der Waals surface area contributed by atoms with Crippen LogP contribution >= 0.6 is 0 Å². The topological polar surface area (TPSA) is 70.7 Å². The molecule has 2 aromatic rings. The second kappa shape index (κ2) is 8.50. The summed E-state index contributed by atoms with van der Waals surface area (Å²) in [4.78, 5) is 0.0875. The van der Waals surface area contributed by atoms with Gasteiger partial charge in [-0.1, -0.05) is 24.3 Å². The summed E-state index contributed by atoms with van der Waals surface area (Å²) in [6, 6.07) is 12.6. The van der Waals surface area contributed by atoms with Gasteiger partial charge in [-0.15, -0.1) is 0 Å². The molecule has 0 amide bonds. The van der Waals surface area contributed by atoms with Gasteiger partial charge in [0, 0.05) is 13.1 Å². The number of halogens is 3. The molecule has 1 saturated heterocycles. The summed E-state index contributed by atoms with van der Waals surface area (Å²) in [5.41, 5.74) is 3.51. The van der Waals surface area contributed by atoms with Crippen LogP contribution in [0.2, 0.25) is 0 Å². The van der Waals surface area contributed by atoms with Crippen molar-refractivity contribution in [1.29, 1.82) is 0 Å². The van der Waals surface area contributed by atoms with Gasteiger partial charge < -0.3 is 10.2 Å². The Hall–Kier alpha value is -2.46. The number of piperidine rings is 1. The molecule has 0 saturated carbocycles. The van der Waals surface area contributed by atoms with Crippen LogP contribution in [0.15, 0.2) is 53.4 Å². The summed E-state index contributed by atoms with van der Waals surface area (Å²) in [5.74, 6) is -1.21. The van der Waals surface area contributed by atoms with Crippen LogP contribution in [0.1, 0.15) is 12.8 Å². The summed E-state index contributed by atoms with van der Waals surface area (Å²) in [6.07, 6.45) is -3.76. The predicted molar refractivity (Wildman–Crippen MR) is 104 cm³/mol. The number of hydrogen-bond acceptors (Lipinski definition) is 5. The third kappa shape index (κ3) is 5.13. The summed E-state index contributed by atoms with van der Waals surface area (Å²) < 4.78 is 72.2. The number of benzene rings is 2. The molecule has 0 aliphatic carbocycles. The third-order valence-corrected chi connectivity index (χ3v) is 6.06. The van der Waals surface area contributed by atoms with E-state index in [1.807, 2.05) is 0 Å². The molecule has 2 N–H and O–H groups in total. The van der Waals surface area contributed by atoms with Crippen LogP contribution in [-0.4, -0.2) is 39.8 Å². The lowest BCUT2D eigenvalue weighted by atomic mass is 9.99. The van der Waals surface area contributed by atoms with Crippen molar-refractivity contribution in [2.45, 2.75) is 23.9 Å². The lowest BCUT2D eigenvalue weighted by molar-refractivity contribution is -0.185. The van der Waals surface area contributed by atoms with Crippen LogP contribution < -0.4 is 14.9 Å². The molecule has 1 unspecified atom stereocenters. The molecular weight excluding hydrogens is 407 g/mol. The predicted octanol–water partition coefficient (Wildman–Crippen LogP) is 4.10. The maximum Gasteiger partial charge on any atom is 0.393 e. The minimum Gasteiger partial charge on any atom is -0.492 e. The van der Waals surface area contributed by atoms with Gasteiger partial charge in [0.15, 0.2) is 5.75 Å². The average molecular weight is 429 g/mol.